The Hall–Kier alpha value is -4.37. The van der Waals surface area contributed by atoms with E-state index in [4.69, 9.17) is 9.15 Å². The lowest BCUT2D eigenvalue weighted by Gasteiger charge is -2.30. The molecule has 0 aliphatic heterocycles. The van der Waals surface area contributed by atoms with Gasteiger partial charge in [0.1, 0.15) is 16.9 Å². The summed E-state index contributed by atoms with van der Waals surface area (Å²) in [5, 5.41) is 7.06. The number of aromatic nitrogens is 1. The number of nitrogens with one attached hydrogen (secondary N) is 2. The van der Waals surface area contributed by atoms with Crippen LogP contribution in [-0.2, 0) is 27.1 Å². The van der Waals surface area contributed by atoms with Crippen LogP contribution in [0.4, 0.5) is 4.79 Å². The van der Waals surface area contributed by atoms with Crippen LogP contribution in [-0.4, -0.2) is 31.7 Å². The molecule has 11 heteroatoms. The highest BCUT2D eigenvalue weighted by Crippen LogP contribution is 2.42. The van der Waals surface area contributed by atoms with Gasteiger partial charge >= 0.3 is 13.8 Å². The molecule has 5 rings (SSSR count). The number of amides is 2. The van der Waals surface area contributed by atoms with Crippen LogP contribution in [0.5, 0.6) is 0 Å². The van der Waals surface area contributed by atoms with Gasteiger partial charge < -0.3 is 29.6 Å². The van der Waals surface area contributed by atoms with Crippen LogP contribution >= 0.6 is 7.75 Å². The minimum Gasteiger partial charge on any atom is -0.457 e. The van der Waals surface area contributed by atoms with Gasteiger partial charge in [0, 0.05) is 23.4 Å². The standard InChI is InChI=1S/C30H30N3O7P/c1-20(21-10-4-3-5-11-21)31-28(34)30(2,17-23-18-33(41(36,37)38)26-14-8-7-13-25(23)26)32-29(35)39-19-24-16-22-12-6-9-15-27(22)40-24/h3-16,18,20H,17,19H2,1-2H3,(H,31,34)(H,32,35)(H2,36,37,38)/t20-,30?/m0/s1. The quantitative estimate of drug-likeness (QED) is 0.172. The molecule has 0 fully saturated rings. The Morgan fingerprint density at radius 3 is 2.44 bits per heavy atom. The van der Waals surface area contributed by atoms with E-state index in [0.29, 0.717) is 27.8 Å². The highest BCUT2D eigenvalue weighted by atomic mass is 31.2. The fourth-order valence-electron chi connectivity index (χ4n) is 4.84. The molecule has 0 bridgehead atoms. The third-order valence-corrected chi connectivity index (χ3v) is 7.84. The van der Waals surface area contributed by atoms with Crippen molar-refractivity contribution in [2.45, 2.75) is 38.5 Å². The van der Waals surface area contributed by atoms with Gasteiger partial charge in [0.25, 0.3) is 0 Å². The van der Waals surface area contributed by atoms with Crippen molar-refractivity contribution in [2.24, 2.45) is 0 Å². The highest BCUT2D eigenvalue weighted by molar-refractivity contribution is 7.50. The molecule has 0 radical (unpaired) electrons. The average Bonchev–Trinajstić information content (AvgIpc) is 3.54. The van der Waals surface area contributed by atoms with Crippen LogP contribution in [0.15, 0.2) is 95.5 Å². The fraction of sp³-hybridized carbons (Fsp3) is 0.200. The van der Waals surface area contributed by atoms with E-state index in [1.807, 2.05) is 61.5 Å². The largest absolute Gasteiger partial charge is 0.457 e. The summed E-state index contributed by atoms with van der Waals surface area (Å²) in [5.41, 5.74) is 0.744. The maximum absolute atomic E-state index is 13.8. The monoisotopic (exact) mass is 575 g/mol. The maximum Gasteiger partial charge on any atom is 0.434 e. The molecule has 4 N–H and O–H groups in total. The number of para-hydroxylation sites is 2. The first-order valence-electron chi connectivity index (χ1n) is 13.0. The van der Waals surface area contributed by atoms with E-state index in [-0.39, 0.29) is 19.1 Å². The third-order valence-electron chi connectivity index (χ3n) is 6.95. The number of nitrogens with zero attached hydrogens (tertiary/aromatic N) is 1. The first kappa shape index (κ1) is 28.2. The molecule has 5 aromatic rings. The van der Waals surface area contributed by atoms with Crippen molar-refractivity contribution in [3.05, 3.63) is 108 Å². The van der Waals surface area contributed by atoms with Crippen LogP contribution in [0.3, 0.4) is 0 Å². The van der Waals surface area contributed by atoms with Crippen molar-refractivity contribution < 1.29 is 33.1 Å². The fourth-order valence-corrected chi connectivity index (χ4v) is 5.58. The Bertz CT molecular complexity index is 1720. The van der Waals surface area contributed by atoms with E-state index in [1.165, 1.54) is 6.20 Å². The molecule has 2 atom stereocenters. The first-order chi connectivity index (χ1) is 19.5. The van der Waals surface area contributed by atoms with Crippen molar-refractivity contribution in [1.82, 2.24) is 15.0 Å². The molecule has 41 heavy (non-hydrogen) atoms. The molecule has 0 saturated carbocycles. The summed E-state index contributed by atoms with van der Waals surface area (Å²) >= 11 is 0. The smallest absolute Gasteiger partial charge is 0.434 e. The van der Waals surface area contributed by atoms with Crippen LogP contribution < -0.4 is 10.6 Å². The Morgan fingerprint density at radius 2 is 1.71 bits per heavy atom. The number of hydrogen-bond acceptors (Lipinski definition) is 5. The zero-order chi connectivity index (χ0) is 29.2. The van der Waals surface area contributed by atoms with E-state index in [2.05, 4.69) is 10.6 Å². The predicted molar refractivity (Wildman–Crippen MR) is 154 cm³/mol. The highest BCUT2D eigenvalue weighted by Gasteiger charge is 2.38. The van der Waals surface area contributed by atoms with Gasteiger partial charge in [-0.2, -0.15) is 0 Å². The van der Waals surface area contributed by atoms with E-state index in [1.54, 1.807) is 37.3 Å². The second-order valence-electron chi connectivity index (χ2n) is 10.1. The van der Waals surface area contributed by atoms with Crippen LogP contribution in [0.1, 0.15) is 36.8 Å². The molecule has 3 aromatic carbocycles. The zero-order valence-corrected chi connectivity index (χ0v) is 23.4. The Kier molecular flexibility index (Phi) is 7.73. The molecule has 0 saturated heterocycles. The summed E-state index contributed by atoms with van der Waals surface area (Å²) < 4.78 is 24.2. The summed E-state index contributed by atoms with van der Waals surface area (Å²) in [5.74, 6) is -0.0579. The molecule has 0 aliphatic rings. The van der Waals surface area contributed by atoms with Gasteiger partial charge in [0.15, 0.2) is 6.61 Å². The number of hydrogen-bond donors (Lipinski definition) is 4. The topological polar surface area (TPSA) is 143 Å². The van der Waals surface area contributed by atoms with Crippen molar-refractivity contribution in [1.29, 1.82) is 0 Å². The molecule has 2 amide bonds. The molecular formula is C30H30N3O7P. The van der Waals surface area contributed by atoms with Crippen molar-refractivity contribution in [3.8, 4) is 0 Å². The molecule has 2 aromatic heterocycles. The molecule has 10 nitrogen and oxygen atoms in total. The third kappa shape index (κ3) is 6.20. The van der Waals surface area contributed by atoms with Crippen molar-refractivity contribution in [2.75, 3.05) is 0 Å². The van der Waals surface area contributed by atoms with Gasteiger partial charge in [-0.15, -0.1) is 0 Å². The molecule has 2 heterocycles. The number of ether oxygens (including phenoxy) is 1. The Morgan fingerprint density at radius 1 is 1.02 bits per heavy atom. The second kappa shape index (κ2) is 11.2. The van der Waals surface area contributed by atoms with E-state index < -0.39 is 25.3 Å². The van der Waals surface area contributed by atoms with E-state index in [9.17, 15) is 23.9 Å². The number of carbonyl (C=O) groups excluding carboxylic acids is 2. The van der Waals surface area contributed by atoms with E-state index in [0.717, 1.165) is 15.3 Å². The van der Waals surface area contributed by atoms with Gasteiger partial charge in [0.2, 0.25) is 5.91 Å². The summed E-state index contributed by atoms with van der Waals surface area (Å²) in [7, 11) is -4.69. The maximum atomic E-state index is 13.8. The van der Waals surface area contributed by atoms with Gasteiger partial charge in [-0.3, -0.25) is 9.13 Å². The minimum atomic E-state index is -4.69. The molecule has 212 valence electrons. The van der Waals surface area contributed by atoms with Crippen LogP contribution in [0, 0.1) is 0 Å². The number of carbonyl (C=O) groups is 2. The lowest BCUT2D eigenvalue weighted by molar-refractivity contribution is -0.127. The lowest BCUT2D eigenvalue weighted by atomic mass is 9.91. The van der Waals surface area contributed by atoms with E-state index >= 15 is 0 Å². The summed E-state index contributed by atoms with van der Waals surface area (Å²) in [6.45, 7) is 3.22. The van der Waals surface area contributed by atoms with Crippen LogP contribution in [0.25, 0.3) is 21.9 Å². The normalized spacial score (nSPS) is 14.0. The minimum absolute atomic E-state index is 0.0758. The van der Waals surface area contributed by atoms with Gasteiger partial charge in [0.05, 0.1) is 11.6 Å². The average molecular weight is 576 g/mol. The van der Waals surface area contributed by atoms with Gasteiger partial charge in [-0.25, -0.2) is 9.36 Å². The van der Waals surface area contributed by atoms with Crippen molar-refractivity contribution >= 4 is 41.6 Å². The molecular weight excluding hydrogens is 545 g/mol. The summed E-state index contributed by atoms with van der Waals surface area (Å²) in [4.78, 5) is 46.7. The molecule has 1 unspecified atom stereocenters. The van der Waals surface area contributed by atoms with Crippen LogP contribution in [0.2, 0.25) is 0 Å². The number of furan rings is 1. The number of rotatable bonds is 9. The second-order valence-corrected chi connectivity index (χ2v) is 11.6. The molecule has 0 aliphatic carbocycles. The summed E-state index contributed by atoms with van der Waals surface area (Å²) in [6.07, 6.45) is 0.390. The van der Waals surface area contributed by atoms with Crippen molar-refractivity contribution in [3.63, 3.8) is 0 Å². The van der Waals surface area contributed by atoms with Gasteiger partial charge in [-0.1, -0.05) is 66.7 Å². The number of alkyl carbamates (subject to hydrolysis) is 1. The summed E-state index contributed by atoms with van der Waals surface area (Å²) in [6, 6.07) is 24.8. The zero-order valence-electron chi connectivity index (χ0n) is 22.5. The lowest BCUT2D eigenvalue weighted by Crippen LogP contribution is -2.58. The molecule has 0 spiro atoms. The first-order valence-corrected chi connectivity index (χ1v) is 14.5. The Balaban J connectivity index is 1.42. The predicted octanol–water partition coefficient (Wildman–Crippen LogP) is 5.43. The Labute approximate surface area is 236 Å². The SMILES string of the molecule is C[C@H](NC(=O)C(C)(Cc1cn(P(=O)(O)O)c2ccccc12)NC(=O)OCc1cc2ccccc2o1)c1ccccc1. The number of benzene rings is 3. The van der Waals surface area contributed by atoms with Gasteiger partial charge in [-0.05, 0) is 43.2 Å². The number of fused-ring (bicyclic) bond motifs is 2.